The maximum absolute atomic E-state index is 10.2. The number of aliphatic carboxylic acids is 1. The molecule has 1 aliphatic heterocycles. The molecule has 0 aliphatic carbocycles. The molecule has 1 heterocycles. The number of epoxide rings is 1. The molecule has 3 heteroatoms. The van der Waals surface area contributed by atoms with Crippen LogP contribution in [0.1, 0.15) is 77.6 Å². The van der Waals surface area contributed by atoms with Crippen molar-refractivity contribution in [2.24, 2.45) is 0 Å². The van der Waals surface area contributed by atoms with Gasteiger partial charge in [0.05, 0.1) is 0 Å². The fourth-order valence-corrected chi connectivity index (χ4v) is 2.38. The average molecular weight is 293 g/mol. The van der Waals surface area contributed by atoms with Gasteiger partial charge in [0.2, 0.25) is 0 Å². The summed E-state index contributed by atoms with van der Waals surface area (Å²) in [5.74, 6) is 0.214. The van der Waals surface area contributed by atoms with E-state index in [1.807, 2.05) is 0 Å². The van der Waals surface area contributed by atoms with E-state index in [0.29, 0.717) is 6.10 Å². The first-order valence-corrected chi connectivity index (χ1v) is 8.47. The van der Waals surface area contributed by atoms with E-state index in [2.05, 4.69) is 25.2 Å². The highest BCUT2D eigenvalue weighted by molar-refractivity contribution is 5.63. The lowest BCUT2D eigenvalue weighted by atomic mass is 10.1. The summed E-state index contributed by atoms with van der Waals surface area (Å²) in [6.45, 7) is 2.22. The van der Waals surface area contributed by atoms with Gasteiger partial charge in [-0.3, -0.25) is 0 Å². The van der Waals surface area contributed by atoms with Crippen LogP contribution in [0.4, 0.5) is 0 Å². The Hall–Kier alpha value is -1.25. The first kappa shape index (κ1) is 17.8. The Morgan fingerprint density at radius 2 is 1.90 bits per heavy atom. The van der Waals surface area contributed by atoms with Crippen LogP contribution >= 0.6 is 0 Å². The second-order valence-electron chi connectivity index (χ2n) is 5.78. The van der Waals surface area contributed by atoms with Crippen LogP contribution < -0.4 is 5.11 Å². The summed E-state index contributed by atoms with van der Waals surface area (Å²) >= 11 is 0. The van der Waals surface area contributed by atoms with Gasteiger partial charge >= 0.3 is 0 Å². The zero-order chi connectivity index (χ0) is 15.3. The third-order valence-corrected chi connectivity index (χ3v) is 3.76. The lowest BCUT2D eigenvalue weighted by Crippen LogP contribution is -2.21. The van der Waals surface area contributed by atoms with E-state index in [4.69, 9.17) is 4.74 Å². The lowest BCUT2D eigenvalue weighted by Gasteiger charge is -2.01. The van der Waals surface area contributed by atoms with Crippen LogP contribution in [-0.2, 0) is 9.53 Å². The predicted octanol–water partition coefficient (Wildman–Crippen LogP) is 3.89. The minimum atomic E-state index is -0.929. The van der Waals surface area contributed by atoms with Crippen molar-refractivity contribution >= 4 is 5.97 Å². The van der Waals surface area contributed by atoms with E-state index in [9.17, 15) is 9.90 Å². The molecule has 0 radical (unpaired) electrons. The average Bonchev–Trinajstić information content (AvgIpc) is 3.19. The third-order valence-electron chi connectivity index (χ3n) is 3.76. The second-order valence-corrected chi connectivity index (χ2v) is 5.78. The Kier molecular flexibility index (Phi) is 9.68. The number of carboxylic acids is 1. The molecule has 0 bridgehead atoms. The van der Waals surface area contributed by atoms with Gasteiger partial charge in [-0.25, -0.2) is 0 Å². The normalized spacial score (nSPS) is 19.1. The summed E-state index contributed by atoms with van der Waals surface area (Å²) < 4.78 is 5.51. The van der Waals surface area contributed by atoms with Gasteiger partial charge < -0.3 is 14.6 Å². The second kappa shape index (κ2) is 11.4. The molecule has 0 unspecified atom stereocenters. The highest BCUT2D eigenvalue weighted by atomic mass is 16.6. The van der Waals surface area contributed by atoms with Gasteiger partial charge in [-0.1, -0.05) is 51.2 Å². The van der Waals surface area contributed by atoms with E-state index >= 15 is 0 Å². The van der Waals surface area contributed by atoms with Gasteiger partial charge in [0.1, 0.15) is 5.76 Å². The summed E-state index contributed by atoms with van der Waals surface area (Å²) in [7, 11) is 0. The standard InChI is InChI=1S/C18H30O3/c1-2-3-10-13-16-17(21-16)14-11-8-6-4-5-7-9-12-15-18(19)20/h8,11,14,16H,2-7,9-10,12-13,15H2,1H3,(H,19,20)/p-1/b11-8-,17-14-/t16-/m0/s1. The quantitative estimate of drug-likeness (QED) is 0.382. The van der Waals surface area contributed by atoms with E-state index in [1.54, 1.807) is 0 Å². The zero-order valence-electron chi connectivity index (χ0n) is 13.3. The van der Waals surface area contributed by atoms with E-state index in [1.165, 1.54) is 38.5 Å². The molecule has 120 valence electrons. The number of ether oxygens (including phenoxy) is 1. The van der Waals surface area contributed by atoms with Crippen LogP contribution in [-0.4, -0.2) is 12.1 Å². The van der Waals surface area contributed by atoms with Crippen molar-refractivity contribution in [2.75, 3.05) is 0 Å². The Balaban J connectivity index is 1.88. The van der Waals surface area contributed by atoms with E-state index in [-0.39, 0.29) is 6.42 Å². The number of carbonyl (C=O) groups excluding carboxylic acids is 1. The number of carboxylic acid groups (broad SMARTS) is 1. The summed E-state index contributed by atoms with van der Waals surface area (Å²) in [5, 5.41) is 10.2. The van der Waals surface area contributed by atoms with Crippen LogP contribution in [0.3, 0.4) is 0 Å². The first-order chi connectivity index (χ1) is 10.2. The van der Waals surface area contributed by atoms with Crippen LogP contribution in [0.2, 0.25) is 0 Å². The molecule has 0 amide bonds. The smallest absolute Gasteiger partial charge is 0.155 e. The minimum absolute atomic E-state index is 0.201. The molecule has 0 aromatic rings. The number of unbranched alkanes of at least 4 members (excludes halogenated alkanes) is 7. The van der Waals surface area contributed by atoms with Gasteiger partial charge in [-0.2, -0.15) is 0 Å². The molecule has 1 fully saturated rings. The van der Waals surface area contributed by atoms with Crippen molar-refractivity contribution in [1.82, 2.24) is 0 Å². The number of hydrogen-bond acceptors (Lipinski definition) is 3. The van der Waals surface area contributed by atoms with Crippen LogP contribution in [0.15, 0.2) is 24.0 Å². The van der Waals surface area contributed by atoms with E-state index in [0.717, 1.165) is 31.4 Å². The number of hydrogen-bond donors (Lipinski definition) is 0. The van der Waals surface area contributed by atoms with Gasteiger partial charge in [0.25, 0.3) is 0 Å². The number of carbonyl (C=O) groups is 1. The molecule has 3 nitrogen and oxygen atoms in total. The highest BCUT2D eigenvalue weighted by Crippen LogP contribution is 2.31. The van der Waals surface area contributed by atoms with E-state index < -0.39 is 5.97 Å². The fraction of sp³-hybridized carbons (Fsp3) is 0.722. The van der Waals surface area contributed by atoms with Gasteiger partial charge in [-0.15, -0.1) is 0 Å². The van der Waals surface area contributed by atoms with Crippen LogP contribution in [0, 0.1) is 0 Å². The Morgan fingerprint density at radius 3 is 2.67 bits per heavy atom. The molecule has 0 spiro atoms. The zero-order valence-corrected chi connectivity index (χ0v) is 13.3. The van der Waals surface area contributed by atoms with Crippen molar-refractivity contribution in [2.45, 2.75) is 83.7 Å². The predicted molar refractivity (Wildman–Crippen MR) is 83.6 cm³/mol. The summed E-state index contributed by atoms with van der Waals surface area (Å²) in [6, 6.07) is 0. The Bertz CT molecular complexity index is 344. The van der Waals surface area contributed by atoms with Gasteiger partial charge in [-0.05, 0) is 44.6 Å². The molecule has 0 aromatic carbocycles. The van der Waals surface area contributed by atoms with Crippen molar-refractivity contribution in [3.8, 4) is 0 Å². The van der Waals surface area contributed by atoms with Crippen molar-refractivity contribution in [3.63, 3.8) is 0 Å². The summed E-state index contributed by atoms with van der Waals surface area (Å²) in [5.41, 5.74) is 0. The monoisotopic (exact) mass is 293 g/mol. The Morgan fingerprint density at radius 1 is 1.14 bits per heavy atom. The molecule has 1 atom stereocenters. The minimum Gasteiger partial charge on any atom is -0.550 e. The Labute approximate surface area is 129 Å². The molecule has 0 aromatic heterocycles. The van der Waals surface area contributed by atoms with Crippen molar-refractivity contribution in [3.05, 3.63) is 24.0 Å². The molecular weight excluding hydrogens is 264 g/mol. The lowest BCUT2D eigenvalue weighted by molar-refractivity contribution is -0.305. The highest BCUT2D eigenvalue weighted by Gasteiger charge is 2.30. The molecule has 1 saturated heterocycles. The maximum Gasteiger partial charge on any atom is 0.155 e. The maximum atomic E-state index is 10.2. The number of rotatable bonds is 13. The van der Waals surface area contributed by atoms with Crippen molar-refractivity contribution in [1.29, 1.82) is 0 Å². The van der Waals surface area contributed by atoms with Crippen LogP contribution in [0.5, 0.6) is 0 Å². The summed E-state index contributed by atoms with van der Waals surface area (Å²) in [4.78, 5) is 10.2. The van der Waals surface area contributed by atoms with Gasteiger partial charge in [0.15, 0.2) is 6.10 Å². The first-order valence-electron chi connectivity index (χ1n) is 8.47. The van der Waals surface area contributed by atoms with Crippen LogP contribution in [0.25, 0.3) is 0 Å². The molecular formula is C18H29O3-. The summed E-state index contributed by atoms with van der Waals surface area (Å²) in [6.07, 6.45) is 18.3. The molecule has 1 rings (SSSR count). The molecule has 21 heavy (non-hydrogen) atoms. The SMILES string of the molecule is CCCCC[C@@H]1O/C1=C\C=C/CCCCCCCC(=O)[O-]. The topological polar surface area (TPSA) is 52.7 Å². The third kappa shape index (κ3) is 10.2. The number of allylic oxidation sites excluding steroid dienone is 3. The molecule has 0 saturated carbocycles. The largest absolute Gasteiger partial charge is 0.550 e. The molecule has 1 aliphatic rings. The van der Waals surface area contributed by atoms with Crippen molar-refractivity contribution < 1.29 is 14.6 Å². The fourth-order valence-electron chi connectivity index (χ4n) is 2.38. The molecule has 0 N–H and O–H groups in total. The van der Waals surface area contributed by atoms with Gasteiger partial charge in [0, 0.05) is 5.97 Å².